The van der Waals surface area contributed by atoms with Crippen molar-refractivity contribution in [2.75, 3.05) is 5.73 Å². The van der Waals surface area contributed by atoms with Gasteiger partial charge in [-0.1, -0.05) is 6.82 Å². The third-order valence-corrected chi connectivity index (χ3v) is 1.21. The van der Waals surface area contributed by atoms with Crippen LogP contribution >= 0.6 is 0 Å². The number of rotatable bonds is 1. The highest BCUT2D eigenvalue weighted by molar-refractivity contribution is 6.51. The molecule has 0 unspecified atom stereocenters. The minimum atomic E-state index is -0.324. The Morgan fingerprint density at radius 1 is 1.70 bits per heavy atom. The molecule has 1 aromatic rings. The minimum Gasteiger partial charge on any atom is -0.384 e. The molecule has 0 atom stereocenters. The molecule has 0 aliphatic rings. The SMILES string of the molecule is C[B]c1cnc(N)cc1F. The lowest BCUT2D eigenvalue weighted by molar-refractivity contribution is 0.635. The number of pyridine rings is 1. The molecular formula is C6H7BFN2. The zero-order valence-electron chi connectivity index (χ0n) is 5.63. The van der Waals surface area contributed by atoms with Gasteiger partial charge in [-0.15, -0.1) is 0 Å². The first-order valence-corrected chi connectivity index (χ1v) is 2.94. The lowest BCUT2D eigenvalue weighted by atomic mass is 9.74. The number of nitrogens with two attached hydrogens (primary N) is 1. The van der Waals surface area contributed by atoms with E-state index in [1.807, 2.05) is 0 Å². The maximum absolute atomic E-state index is 12.7. The fraction of sp³-hybridized carbons (Fsp3) is 0.167. The van der Waals surface area contributed by atoms with Gasteiger partial charge in [0.1, 0.15) is 11.6 Å². The van der Waals surface area contributed by atoms with E-state index in [9.17, 15) is 4.39 Å². The molecule has 1 radical (unpaired) electrons. The van der Waals surface area contributed by atoms with Crippen LogP contribution in [0.5, 0.6) is 0 Å². The molecule has 0 saturated carbocycles. The standard InChI is InChI=1S/C6H7BFN2/c1-7-4-3-10-6(9)2-5(4)8/h2-3H,1H3,(H2,9,10). The Hall–Kier alpha value is -1.06. The van der Waals surface area contributed by atoms with Crippen molar-refractivity contribution in [3.05, 3.63) is 18.1 Å². The molecule has 2 N–H and O–H groups in total. The van der Waals surface area contributed by atoms with Crippen LogP contribution in [-0.2, 0) is 0 Å². The predicted molar refractivity (Wildman–Crippen MR) is 39.9 cm³/mol. The summed E-state index contributed by atoms with van der Waals surface area (Å²) in [5.74, 6) is -0.113. The summed E-state index contributed by atoms with van der Waals surface area (Å²) in [5, 5.41) is 0. The highest BCUT2D eigenvalue weighted by Gasteiger charge is 1.99. The van der Waals surface area contributed by atoms with Crippen LogP contribution in [0.3, 0.4) is 0 Å². The van der Waals surface area contributed by atoms with E-state index in [4.69, 9.17) is 5.73 Å². The summed E-state index contributed by atoms with van der Waals surface area (Å²) in [6, 6.07) is 1.20. The Morgan fingerprint density at radius 3 is 2.90 bits per heavy atom. The molecule has 0 fully saturated rings. The van der Waals surface area contributed by atoms with Crippen LogP contribution in [-0.4, -0.2) is 12.3 Å². The first-order valence-electron chi connectivity index (χ1n) is 2.94. The number of aromatic nitrogens is 1. The van der Waals surface area contributed by atoms with Crippen LogP contribution < -0.4 is 11.2 Å². The van der Waals surface area contributed by atoms with Gasteiger partial charge >= 0.3 is 0 Å². The lowest BCUT2D eigenvalue weighted by Gasteiger charge is -1.97. The van der Waals surface area contributed by atoms with Crippen molar-refractivity contribution in [3.63, 3.8) is 0 Å². The van der Waals surface area contributed by atoms with E-state index in [1.54, 1.807) is 14.1 Å². The smallest absolute Gasteiger partial charge is 0.154 e. The minimum absolute atomic E-state index is 0.211. The van der Waals surface area contributed by atoms with Gasteiger partial charge < -0.3 is 5.73 Å². The summed E-state index contributed by atoms with van der Waals surface area (Å²) in [6.45, 7) is 1.75. The van der Waals surface area contributed by atoms with E-state index < -0.39 is 0 Å². The van der Waals surface area contributed by atoms with Gasteiger partial charge in [0.2, 0.25) is 0 Å². The second kappa shape index (κ2) is 2.69. The van der Waals surface area contributed by atoms with Crippen molar-refractivity contribution in [2.45, 2.75) is 6.82 Å². The zero-order valence-corrected chi connectivity index (χ0v) is 5.63. The highest BCUT2D eigenvalue weighted by Crippen LogP contribution is 1.96. The van der Waals surface area contributed by atoms with Crippen LogP contribution in [0.15, 0.2) is 12.3 Å². The monoisotopic (exact) mass is 137 g/mol. The normalized spacial score (nSPS) is 9.40. The van der Waals surface area contributed by atoms with Gasteiger partial charge in [-0.05, 0) is 5.46 Å². The Kier molecular flexibility index (Phi) is 1.90. The topological polar surface area (TPSA) is 38.9 Å². The number of hydrogen-bond acceptors (Lipinski definition) is 2. The maximum atomic E-state index is 12.7. The molecule has 51 valence electrons. The average Bonchev–Trinajstić information content (AvgIpc) is 1.88. The summed E-state index contributed by atoms with van der Waals surface area (Å²) in [4.78, 5) is 3.72. The fourth-order valence-corrected chi connectivity index (χ4v) is 0.669. The van der Waals surface area contributed by atoms with Gasteiger partial charge in [0.15, 0.2) is 7.28 Å². The Bertz CT molecular complexity index is 239. The predicted octanol–water partition coefficient (Wildman–Crippen LogP) is 0.180. The quantitative estimate of drug-likeness (QED) is 0.560. The molecule has 2 nitrogen and oxygen atoms in total. The Balaban J connectivity index is 3.07. The van der Waals surface area contributed by atoms with Crippen LogP contribution in [0.25, 0.3) is 0 Å². The van der Waals surface area contributed by atoms with Gasteiger partial charge in [0.05, 0.1) is 0 Å². The number of hydrogen-bond donors (Lipinski definition) is 1. The summed E-state index contributed by atoms with van der Waals surface area (Å²) in [6.07, 6.45) is 1.41. The summed E-state index contributed by atoms with van der Waals surface area (Å²) in [7, 11) is 1.64. The van der Waals surface area contributed by atoms with E-state index in [0.717, 1.165) is 0 Å². The third kappa shape index (κ3) is 1.26. The molecule has 0 bridgehead atoms. The average molecular weight is 137 g/mol. The highest BCUT2D eigenvalue weighted by atomic mass is 19.1. The molecule has 10 heavy (non-hydrogen) atoms. The maximum Gasteiger partial charge on any atom is 0.154 e. The Labute approximate surface area is 59.5 Å². The van der Waals surface area contributed by atoms with Crippen molar-refractivity contribution in [1.82, 2.24) is 4.98 Å². The van der Waals surface area contributed by atoms with Gasteiger partial charge in [-0.25, -0.2) is 9.37 Å². The molecule has 0 aliphatic heterocycles. The van der Waals surface area contributed by atoms with Crippen LogP contribution in [0, 0.1) is 5.82 Å². The molecule has 4 heteroatoms. The van der Waals surface area contributed by atoms with Crippen molar-refractivity contribution in [3.8, 4) is 0 Å². The van der Waals surface area contributed by atoms with Crippen molar-refractivity contribution < 1.29 is 4.39 Å². The second-order valence-electron chi connectivity index (χ2n) is 1.92. The lowest BCUT2D eigenvalue weighted by Crippen LogP contribution is -2.16. The van der Waals surface area contributed by atoms with E-state index in [1.165, 1.54) is 12.3 Å². The van der Waals surface area contributed by atoms with Crippen LogP contribution in [0.1, 0.15) is 0 Å². The number of nitrogen functional groups attached to an aromatic ring is 1. The molecule has 0 amide bonds. The molecule has 0 aliphatic carbocycles. The van der Waals surface area contributed by atoms with Crippen molar-refractivity contribution >= 4 is 18.6 Å². The molecular weight excluding hydrogens is 130 g/mol. The first-order chi connectivity index (χ1) is 4.74. The van der Waals surface area contributed by atoms with Crippen molar-refractivity contribution in [2.24, 2.45) is 0 Å². The van der Waals surface area contributed by atoms with Gasteiger partial charge in [0.25, 0.3) is 0 Å². The van der Waals surface area contributed by atoms with E-state index >= 15 is 0 Å². The second-order valence-corrected chi connectivity index (χ2v) is 1.92. The summed E-state index contributed by atoms with van der Waals surface area (Å²) in [5.41, 5.74) is 5.70. The molecule has 1 aromatic heterocycles. The van der Waals surface area contributed by atoms with Gasteiger partial charge in [-0.2, -0.15) is 0 Å². The molecule has 1 heterocycles. The van der Waals surface area contributed by atoms with E-state index in [0.29, 0.717) is 5.46 Å². The largest absolute Gasteiger partial charge is 0.384 e. The Morgan fingerprint density at radius 2 is 2.40 bits per heavy atom. The number of halogens is 1. The van der Waals surface area contributed by atoms with Crippen LogP contribution in [0.2, 0.25) is 6.82 Å². The molecule has 1 rings (SSSR count). The zero-order chi connectivity index (χ0) is 7.56. The van der Waals surface area contributed by atoms with E-state index in [-0.39, 0.29) is 11.6 Å². The summed E-state index contributed by atoms with van der Waals surface area (Å²) >= 11 is 0. The number of nitrogens with zero attached hydrogens (tertiary/aromatic N) is 1. The molecule has 0 spiro atoms. The van der Waals surface area contributed by atoms with Gasteiger partial charge in [-0.3, -0.25) is 0 Å². The third-order valence-electron chi connectivity index (χ3n) is 1.21. The fourth-order valence-electron chi connectivity index (χ4n) is 0.669. The number of anilines is 1. The van der Waals surface area contributed by atoms with E-state index in [2.05, 4.69) is 4.98 Å². The molecule has 0 saturated heterocycles. The van der Waals surface area contributed by atoms with Gasteiger partial charge in [0, 0.05) is 12.3 Å². The summed E-state index contributed by atoms with van der Waals surface area (Å²) < 4.78 is 12.7. The first kappa shape index (κ1) is 7.06. The van der Waals surface area contributed by atoms with Crippen molar-refractivity contribution in [1.29, 1.82) is 0 Å². The molecule has 0 aromatic carbocycles. The van der Waals surface area contributed by atoms with Crippen LogP contribution in [0.4, 0.5) is 10.2 Å².